The van der Waals surface area contributed by atoms with Crippen LogP contribution in [0.25, 0.3) is 6.08 Å². The van der Waals surface area contributed by atoms with Crippen LogP contribution in [0.1, 0.15) is 58.9 Å². The van der Waals surface area contributed by atoms with E-state index in [-0.39, 0.29) is 52.6 Å². The van der Waals surface area contributed by atoms with Crippen molar-refractivity contribution in [3.63, 3.8) is 0 Å². The Labute approximate surface area is 323 Å². The minimum Gasteiger partial charge on any atom is -0.508 e. The number of nitro benzene ring substituents is 1. The molecule has 0 radical (unpaired) electrons. The van der Waals surface area contributed by atoms with E-state index < -0.39 is 25.1 Å². The van der Waals surface area contributed by atoms with Crippen molar-refractivity contribution in [1.29, 1.82) is 0 Å². The second-order valence-corrected chi connectivity index (χ2v) is 20.2. The van der Waals surface area contributed by atoms with Crippen LogP contribution in [0, 0.1) is 27.9 Å². The number of amides is 2. The molecule has 55 heavy (non-hydrogen) atoms. The molecule has 9 nitrogen and oxygen atoms in total. The highest BCUT2D eigenvalue weighted by molar-refractivity contribution is 6.99. The fourth-order valence-electron chi connectivity index (χ4n) is 9.08. The fourth-order valence-corrected chi connectivity index (χ4v) is 13.6. The summed E-state index contributed by atoms with van der Waals surface area (Å²) >= 11 is 0. The van der Waals surface area contributed by atoms with Crippen molar-refractivity contribution in [3.05, 3.63) is 142 Å². The predicted molar refractivity (Wildman–Crippen MR) is 217 cm³/mol. The third-order valence-corrected chi connectivity index (χ3v) is 16.6. The standard InChI is InChI=1S/C45H48N2O7Si/c1-5-30(24-31-14-12-17-35(48)25-31)22-23-40-41-32(28-54-55(45(2,3)4,36-18-8-6-9-19-36)37-20-10-7-11-21-37)26-38-42(39(41)29-53-40)44(50)46(43(38)49)33-15-13-16-34(27-33)47(51)52/h6-21,24-25,27,38-40,42,48H,5,22-23,26,28-29H2,1-4H3/b30-24+/t38-,39+,40-,42-/m1/s1. The zero-order valence-electron chi connectivity index (χ0n) is 31.8. The van der Waals surface area contributed by atoms with Crippen LogP contribution in [-0.2, 0) is 18.8 Å². The highest BCUT2D eigenvalue weighted by atomic mass is 28.4. The number of non-ortho nitro benzene ring substituents is 1. The van der Waals surface area contributed by atoms with Crippen molar-refractivity contribution >= 4 is 48.0 Å². The van der Waals surface area contributed by atoms with Crippen molar-refractivity contribution in [2.75, 3.05) is 18.1 Å². The molecule has 1 N–H and O–H groups in total. The number of hydrogen-bond donors (Lipinski definition) is 1. The largest absolute Gasteiger partial charge is 0.508 e. The number of imide groups is 1. The van der Waals surface area contributed by atoms with Gasteiger partial charge < -0.3 is 14.3 Å². The van der Waals surface area contributed by atoms with Gasteiger partial charge in [-0.1, -0.05) is 118 Å². The highest BCUT2D eigenvalue weighted by Gasteiger charge is 2.58. The van der Waals surface area contributed by atoms with Gasteiger partial charge in [0.05, 0.1) is 41.8 Å². The van der Waals surface area contributed by atoms with Crippen LogP contribution in [0.3, 0.4) is 0 Å². The van der Waals surface area contributed by atoms with Gasteiger partial charge in [0.2, 0.25) is 11.8 Å². The molecule has 4 atom stereocenters. The molecular formula is C45H48N2O7Si. The van der Waals surface area contributed by atoms with E-state index in [9.17, 15) is 24.8 Å². The molecule has 0 spiro atoms. The maximum absolute atomic E-state index is 14.4. The van der Waals surface area contributed by atoms with Gasteiger partial charge in [0.1, 0.15) is 5.75 Å². The second-order valence-electron chi connectivity index (χ2n) is 15.9. The summed E-state index contributed by atoms with van der Waals surface area (Å²) in [5.41, 5.74) is 4.22. The zero-order chi connectivity index (χ0) is 38.9. The lowest BCUT2D eigenvalue weighted by Gasteiger charge is -2.44. The average Bonchev–Trinajstić information content (AvgIpc) is 3.71. The van der Waals surface area contributed by atoms with E-state index >= 15 is 0 Å². The van der Waals surface area contributed by atoms with Gasteiger partial charge in [0.25, 0.3) is 14.0 Å². The maximum Gasteiger partial charge on any atom is 0.271 e. The Hall–Kier alpha value is -5.16. The van der Waals surface area contributed by atoms with Gasteiger partial charge in [-0.15, -0.1) is 0 Å². The number of benzene rings is 4. The molecule has 2 aliphatic heterocycles. The van der Waals surface area contributed by atoms with Gasteiger partial charge in [-0.05, 0) is 76.0 Å². The van der Waals surface area contributed by atoms with E-state index in [1.54, 1.807) is 18.2 Å². The molecule has 4 aromatic carbocycles. The van der Waals surface area contributed by atoms with Crippen LogP contribution in [-0.4, -0.2) is 49.5 Å². The number of phenolic OH excluding ortho intramolecular Hbond substituents is 1. The van der Waals surface area contributed by atoms with Crippen molar-refractivity contribution in [2.45, 2.75) is 64.5 Å². The minimum atomic E-state index is -2.97. The number of fused-ring (bicyclic) bond motifs is 3. The molecule has 0 saturated carbocycles. The molecule has 0 aromatic heterocycles. The van der Waals surface area contributed by atoms with Gasteiger partial charge >= 0.3 is 0 Å². The molecule has 4 aromatic rings. The maximum atomic E-state index is 14.4. The van der Waals surface area contributed by atoms with E-state index in [0.717, 1.165) is 44.8 Å². The third-order valence-electron chi connectivity index (χ3n) is 11.6. The predicted octanol–water partition coefficient (Wildman–Crippen LogP) is 7.97. The van der Waals surface area contributed by atoms with Crippen LogP contribution in [0.4, 0.5) is 11.4 Å². The quantitative estimate of drug-likeness (QED) is 0.0512. The molecule has 0 unspecified atom stereocenters. The molecule has 2 saturated heterocycles. The highest BCUT2D eigenvalue weighted by Crippen LogP contribution is 2.51. The number of anilines is 1. The zero-order valence-corrected chi connectivity index (χ0v) is 32.8. The van der Waals surface area contributed by atoms with Crippen molar-refractivity contribution < 1.29 is 28.8 Å². The summed E-state index contributed by atoms with van der Waals surface area (Å²) in [4.78, 5) is 41.0. The Balaban J connectivity index is 1.28. The van der Waals surface area contributed by atoms with Gasteiger partial charge in [0.15, 0.2) is 0 Å². The Morgan fingerprint density at radius 2 is 1.60 bits per heavy atom. The second kappa shape index (κ2) is 15.5. The number of hydrogen-bond acceptors (Lipinski definition) is 7. The molecule has 10 heteroatoms. The monoisotopic (exact) mass is 756 g/mol. The first-order chi connectivity index (χ1) is 26.4. The number of nitro groups is 1. The topological polar surface area (TPSA) is 119 Å². The summed E-state index contributed by atoms with van der Waals surface area (Å²) in [5, 5.41) is 23.7. The number of nitrogens with zero attached hydrogens (tertiary/aromatic N) is 2. The summed E-state index contributed by atoms with van der Waals surface area (Å²) in [6.07, 6.45) is 4.42. The van der Waals surface area contributed by atoms with Crippen molar-refractivity contribution in [2.24, 2.45) is 17.8 Å². The number of allylic oxidation sites excluding steroid dienone is 1. The Morgan fingerprint density at radius 1 is 0.927 bits per heavy atom. The summed E-state index contributed by atoms with van der Waals surface area (Å²) in [5.74, 6) is -2.08. The lowest BCUT2D eigenvalue weighted by molar-refractivity contribution is -0.384. The van der Waals surface area contributed by atoms with Crippen LogP contribution < -0.4 is 15.3 Å². The first-order valence-electron chi connectivity index (χ1n) is 19.1. The summed E-state index contributed by atoms with van der Waals surface area (Å²) < 4.78 is 14.1. The fraction of sp³-hybridized carbons (Fsp3) is 0.333. The van der Waals surface area contributed by atoms with Crippen molar-refractivity contribution in [1.82, 2.24) is 0 Å². The van der Waals surface area contributed by atoms with Crippen molar-refractivity contribution in [3.8, 4) is 5.75 Å². The first kappa shape index (κ1) is 38.1. The summed E-state index contributed by atoms with van der Waals surface area (Å²) in [6.45, 7) is 9.40. The normalized spacial score (nSPS) is 21.5. The lowest BCUT2D eigenvalue weighted by atomic mass is 9.69. The van der Waals surface area contributed by atoms with Crippen LogP contribution in [0.15, 0.2) is 126 Å². The number of phenols is 1. The molecule has 0 bridgehead atoms. The average molecular weight is 757 g/mol. The van der Waals surface area contributed by atoms with E-state index in [1.165, 1.54) is 23.8 Å². The van der Waals surface area contributed by atoms with Gasteiger partial charge in [0, 0.05) is 18.1 Å². The lowest BCUT2D eigenvalue weighted by Crippen LogP contribution is -2.66. The van der Waals surface area contributed by atoms with E-state index in [0.29, 0.717) is 19.4 Å². The Bertz CT molecular complexity index is 2100. The molecule has 284 valence electrons. The van der Waals surface area contributed by atoms with Gasteiger partial charge in [-0.3, -0.25) is 19.7 Å². The van der Waals surface area contributed by atoms with E-state index in [4.69, 9.17) is 9.16 Å². The smallest absolute Gasteiger partial charge is 0.271 e. The first-order valence-corrected chi connectivity index (χ1v) is 21.0. The molecule has 1 aliphatic carbocycles. The number of aromatic hydroxyl groups is 1. The molecule has 2 heterocycles. The van der Waals surface area contributed by atoms with Crippen LogP contribution >= 0.6 is 0 Å². The molecule has 2 amide bonds. The molecule has 3 aliphatic rings. The van der Waals surface area contributed by atoms with Gasteiger partial charge in [-0.2, -0.15) is 0 Å². The Morgan fingerprint density at radius 3 is 2.22 bits per heavy atom. The number of rotatable bonds is 12. The van der Waals surface area contributed by atoms with Crippen LogP contribution in [0.5, 0.6) is 5.75 Å². The number of carbonyl (C=O) groups is 2. The van der Waals surface area contributed by atoms with Crippen LogP contribution in [0.2, 0.25) is 5.04 Å². The SMILES string of the molecule is CC/C(=C\c1cccc(O)c1)CC[C@H]1OC[C@H]2C1=C(CO[Si](c1ccccc1)(c1ccccc1)C(C)(C)C)C[C@H]1C(=O)N(c3cccc([N+](=O)[O-])c3)C(=O)[C@H]12. The summed E-state index contributed by atoms with van der Waals surface area (Å²) in [7, 11) is -2.97. The molecular weight excluding hydrogens is 709 g/mol. The summed E-state index contributed by atoms with van der Waals surface area (Å²) in [6, 6.07) is 33.8. The molecule has 2 fully saturated rings. The van der Waals surface area contributed by atoms with E-state index in [1.807, 2.05) is 24.3 Å². The number of carbonyl (C=O) groups excluding carboxylic acids is 2. The number of ether oxygens (including phenoxy) is 1. The van der Waals surface area contributed by atoms with E-state index in [2.05, 4.69) is 82.3 Å². The minimum absolute atomic E-state index is 0.180. The van der Waals surface area contributed by atoms with Gasteiger partial charge in [-0.25, -0.2) is 4.90 Å². The Kier molecular flexibility index (Phi) is 10.8. The third kappa shape index (κ3) is 7.22. The molecule has 7 rings (SSSR count).